The molecule has 0 radical (unpaired) electrons. The molecule has 0 fully saturated rings. The number of nitrogens with one attached hydrogen (secondary N) is 1. The van der Waals surface area contributed by atoms with Crippen LogP contribution < -0.4 is 10.1 Å². The van der Waals surface area contributed by atoms with Crippen molar-refractivity contribution in [1.82, 2.24) is 4.57 Å². The zero-order valence-electron chi connectivity index (χ0n) is 16.6. The summed E-state index contributed by atoms with van der Waals surface area (Å²) in [6, 6.07) is 15.2. The summed E-state index contributed by atoms with van der Waals surface area (Å²) < 4.78 is 12.2. The number of aromatic nitrogens is 1. The molecule has 3 rings (SSSR count). The molecule has 0 aliphatic rings. The molecule has 0 bridgehead atoms. The molecule has 1 heterocycles. The van der Waals surface area contributed by atoms with Crippen LogP contribution in [0.4, 0.5) is 5.69 Å². The highest BCUT2D eigenvalue weighted by Gasteiger charge is 2.15. The SMILES string of the molecule is CCn1c(C#Cc2cccc(NC(=O)COC)c2)c(C#N)c2ccc(OC)cc21. The van der Waals surface area contributed by atoms with Crippen LogP contribution in [-0.4, -0.2) is 31.3 Å². The third kappa shape index (κ3) is 4.24. The van der Waals surface area contributed by atoms with Gasteiger partial charge in [0.25, 0.3) is 0 Å². The van der Waals surface area contributed by atoms with E-state index >= 15 is 0 Å². The van der Waals surface area contributed by atoms with E-state index in [0.717, 1.165) is 22.2 Å². The van der Waals surface area contributed by atoms with Crippen molar-refractivity contribution in [2.24, 2.45) is 0 Å². The van der Waals surface area contributed by atoms with Crippen LogP contribution in [0.3, 0.4) is 0 Å². The molecule has 146 valence electrons. The van der Waals surface area contributed by atoms with Crippen LogP contribution in [0.15, 0.2) is 42.5 Å². The largest absolute Gasteiger partial charge is 0.497 e. The fourth-order valence-electron chi connectivity index (χ4n) is 3.16. The van der Waals surface area contributed by atoms with Crippen molar-refractivity contribution in [3.63, 3.8) is 0 Å². The maximum atomic E-state index is 11.7. The van der Waals surface area contributed by atoms with E-state index in [4.69, 9.17) is 9.47 Å². The number of hydrogen-bond donors (Lipinski definition) is 1. The molecule has 2 aromatic carbocycles. The van der Waals surface area contributed by atoms with E-state index in [0.29, 0.717) is 23.5 Å². The lowest BCUT2D eigenvalue weighted by Gasteiger charge is -2.05. The number of rotatable bonds is 5. The maximum absolute atomic E-state index is 11.7. The fourth-order valence-corrected chi connectivity index (χ4v) is 3.16. The fraction of sp³-hybridized carbons (Fsp3) is 0.217. The van der Waals surface area contributed by atoms with E-state index in [1.165, 1.54) is 7.11 Å². The maximum Gasteiger partial charge on any atom is 0.250 e. The van der Waals surface area contributed by atoms with Gasteiger partial charge in [-0.25, -0.2) is 0 Å². The lowest BCUT2D eigenvalue weighted by molar-refractivity contribution is -0.119. The standard InChI is InChI=1S/C23H21N3O3/c1-4-26-21(20(14-24)19-10-9-18(29-3)13-22(19)26)11-8-16-6-5-7-17(12-16)25-23(27)15-28-2/h5-7,9-10,12-13H,4,15H2,1-3H3,(H,25,27). The second-order valence-electron chi connectivity index (χ2n) is 6.27. The Morgan fingerprint density at radius 2 is 2.00 bits per heavy atom. The average Bonchev–Trinajstić information content (AvgIpc) is 3.04. The van der Waals surface area contributed by atoms with Crippen molar-refractivity contribution in [3.05, 3.63) is 59.3 Å². The first-order chi connectivity index (χ1) is 14.1. The van der Waals surface area contributed by atoms with Crippen LogP contribution in [0.2, 0.25) is 0 Å². The minimum absolute atomic E-state index is 0.0124. The highest BCUT2D eigenvalue weighted by atomic mass is 16.5. The summed E-state index contributed by atoms with van der Waals surface area (Å²) in [6.45, 7) is 2.67. The second-order valence-corrected chi connectivity index (χ2v) is 6.27. The monoisotopic (exact) mass is 387 g/mol. The number of benzene rings is 2. The normalized spacial score (nSPS) is 10.1. The molecule has 0 spiro atoms. The van der Waals surface area contributed by atoms with Crippen LogP contribution in [0.5, 0.6) is 5.75 Å². The highest BCUT2D eigenvalue weighted by molar-refractivity contribution is 5.92. The topological polar surface area (TPSA) is 76.3 Å². The van der Waals surface area contributed by atoms with E-state index in [2.05, 4.69) is 23.2 Å². The van der Waals surface area contributed by atoms with Gasteiger partial charge in [0.05, 0.1) is 18.2 Å². The Kier molecular flexibility index (Phi) is 6.19. The number of nitrogens with zero attached hydrogens (tertiary/aromatic N) is 2. The summed E-state index contributed by atoms with van der Waals surface area (Å²) >= 11 is 0. The quantitative estimate of drug-likeness (QED) is 0.680. The average molecular weight is 387 g/mol. The molecule has 1 N–H and O–H groups in total. The molecule has 3 aromatic rings. The zero-order chi connectivity index (χ0) is 20.8. The summed E-state index contributed by atoms with van der Waals surface area (Å²) in [5, 5.41) is 13.3. The number of fused-ring (bicyclic) bond motifs is 1. The number of carbonyl (C=O) groups excluding carboxylic acids is 1. The predicted octanol–water partition coefficient (Wildman–Crippen LogP) is 3.53. The molecule has 6 nitrogen and oxygen atoms in total. The Labute approximate surface area is 169 Å². The van der Waals surface area contributed by atoms with Crippen LogP contribution in [-0.2, 0) is 16.1 Å². The van der Waals surface area contributed by atoms with Crippen molar-refractivity contribution in [1.29, 1.82) is 5.26 Å². The molecule has 0 atom stereocenters. The summed E-state index contributed by atoms with van der Waals surface area (Å²) in [4.78, 5) is 11.7. The molecule has 0 aliphatic carbocycles. The Balaban J connectivity index is 2.03. The van der Waals surface area contributed by atoms with Crippen molar-refractivity contribution in [3.8, 4) is 23.7 Å². The van der Waals surface area contributed by atoms with Gasteiger partial charge in [-0.3, -0.25) is 4.79 Å². The van der Waals surface area contributed by atoms with Crippen molar-refractivity contribution in [2.75, 3.05) is 26.1 Å². The number of ether oxygens (including phenoxy) is 2. The first-order valence-electron chi connectivity index (χ1n) is 9.12. The van der Waals surface area contributed by atoms with Crippen LogP contribution in [0.25, 0.3) is 10.9 Å². The summed E-state index contributed by atoms with van der Waals surface area (Å²) in [5.74, 6) is 6.75. The smallest absolute Gasteiger partial charge is 0.250 e. The minimum atomic E-state index is -0.232. The molecule has 6 heteroatoms. The molecular formula is C23H21N3O3. The van der Waals surface area contributed by atoms with Crippen molar-refractivity contribution < 1.29 is 14.3 Å². The second kappa shape index (κ2) is 8.97. The molecule has 0 saturated carbocycles. The van der Waals surface area contributed by atoms with E-state index < -0.39 is 0 Å². The van der Waals surface area contributed by atoms with Gasteiger partial charge in [0.15, 0.2) is 0 Å². The number of amides is 1. The van der Waals surface area contributed by atoms with Crippen molar-refractivity contribution in [2.45, 2.75) is 13.5 Å². The van der Waals surface area contributed by atoms with Crippen LogP contribution in [0, 0.1) is 23.2 Å². The molecular weight excluding hydrogens is 366 g/mol. The lowest BCUT2D eigenvalue weighted by atomic mass is 10.1. The lowest BCUT2D eigenvalue weighted by Crippen LogP contribution is -2.17. The highest BCUT2D eigenvalue weighted by Crippen LogP contribution is 2.29. The van der Waals surface area contributed by atoms with Crippen LogP contribution >= 0.6 is 0 Å². The zero-order valence-corrected chi connectivity index (χ0v) is 16.6. The Hall–Kier alpha value is -3.74. The van der Waals surface area contributed by atoms with E-state index in [9.17, 15) is 10.1 Å². The first-order valence-corrected chi connectivity index (χ1v) is 9.12. The summed E-state index contributed by atoms with van der Waals surface area (Å²) in [5.41, 5.74) is 3.48. The van der Waals surface area contributed by atoms with E-state index in [1.807, 2.05) is 41.8 Å². The number of aryl methyl sites for hydroxylation is 1. The molecule has 0 unspecified atom stereocenters. The van der Waals surface area contributed by atoms with Gasteiger partial charge in [-0.05, 0) is 43.2 Å². The number of nitriles is 1. The van der Waals surface area contributed by atoms with Gasteiger partial charge in [-0.2, -0.15) is 5.26 Å². The third-order valence-electron chi connectivity index (χ3n) is 4.45. The van der Waals surface area contributed by atoms with Gasteiger partial charge < -0.3 is 19.4 Å². The molecule has 1 aromatic heterocycles. The van der Waals surface area contributed by atoms with E-state index in [1.54, 1.807) is 19.2 Å². The van der Waals surface area contributed by atoms with Gasteiger partial charge in [0.2, 0.25) is 5.91 Å². The number of anilines is 1. The summed E-state index contributed by atoms with van der Waals surface area (Å²) in [6.07, 6.45) is 0. The Morgan fingerprint density at radius 3 is 2.69 bits per heavy atom. The van der Waals surface area contributed by atoms with Crippen LogP contribution in [0.1, 0.15) is 23.7 Å². The number of hydrogen-bond acceptors (Lipinski definition) is 4. The summed E-state index contributed by atoms with van der Waals surface area (Å²) in [7, 11) is 3.08. The Bertz CT molecular complexity index is 1160. The van der Waals surface area contributed by atoms with Gasteiger partial charge in [-0.1, -0.05) is 12.0 Å². The van der Waals surface area contributed by atoms with Gasteiger partial charge in [0.1, 0.15) is 24.1 Å². The molecule has 1 amide bonds. The predicted molar refractivity (Wildman–Crippen MR) is 112 cm³/mol. The number of carbonyl (C=O) groups is 1. The van der Waals surface area contributed by atoms with Crippen molar-refractivity contribution >= 4 is 22.5 Å². The molecule has 0 saturated heterocycles. The first kappa shape index (κ1) is 20.0. The van der Waals surface area contributed by atoms with E-state index in [-0.39, 0.29) is 12.5 Å². The van der Waals surface area contributed by atoms with Gasteiger partial charge in [-0.15, -0.1) is 0 Å². The number of methoxy groups -OCH3 is 2. The van der Waals surface area contributed by atoms with Gasteiger partial charge >= 0.3 is 0 Å². The minimum Gasteiger partial charge on any atom is -0.497 e. The Morgan fingerprint density at radius 1 is 1.17 bits per heavy atom. The molecule has 29 heavy (non-hydrogen) atoms. The van der Waals surface area contributed by atoms with Gasteiger partial charge in [0, 0.05) is 36.4 Å². The third-order valence-corrected chi connectivity index (χ3v) is 4.45. The molecule has 0 aliphatic heterocycles.